The van der Waals surface area contributed by atoms with Crippen LogP contribution >= 0.6 is 24.0 Å². The van der Waals surface area contributed by atoms with Crippen molar-refractivity contribution in [3.05, 3.63) is 46.7 Å². The molecule has 2 N–H and O–H groups in total. The van der Waals surface area contributed by atoms with E-state index in [1.54, 1.807) is 6.33 Å². The first kappa shape index (κ1) is 25.7. The molecule has 180 valence electrons. The van der Waals surface area contributed by atoms with E-state index in [2.05, 4.69) is 56.4 Å². The predicted molar refractivity (Wildman–Crippen MR) is 137 cm³/mol. The standard InChI is InChI=1S/C24H33ClN6O.ClH/c1-16(2)26-13-19(18-4-6-20(25)7-5-18)14-30-8-10-31(11-9-30)23-21-12-17(3)24(32)29-22(21)27-15-28-23;/h4-7,15-17,19,26H,8-14H2,1-3H3,(H,27,28,29,32);1H/t17?,19-;/m0./s1. The van der Waals surface area contributed by atoms with E-state index in [-0.39, 0.29) is 24.2 Å². The summed E-state index contributed by atoms with van der Waals surface area (Å²) in [7, 11) is 0. The molecule has 1 amide bonds. The highest BCUT2D eigenvalue weighted by molar-refractivity contribution is 6.30. The van der Waals surface area contributed by atoms with Gasteiger partial charge in [0.25, 0.3) is 0 Å². The van der Waals surface area contributed by atoms with Crippen molar-refractivity contribution in [3.63, 3.8) is 0 Å². The maximum atomic E-state index is 12.0. The molecule has 1 aromatic heterocycles. The Morgan fingerprint density at radius 1 is 1.15 bits per heavy atom. The SMILES string of the molecule is CC(C)NC[C@@H](CN1CCN(c2ncnc3c2CC(C)C(=O)N3)CC1)c1ccc(Cl)cc1.Cl. The second kappa shape index (κ2) is 11.5. The third-order valence-corrected chi connectivity index (χ3v) is 6.64. The number of carbonyl (C=O) groups is 1. The zero-order chi connectivity index (χ0) is 22.7. The number of rotatable bonds is 7. The molecule has 9 heteroatoms. The zero-order valence-corrected chi connectivity index (χ0v) is 21.1. The lowest BCUT2D eigenvalue weighted by atomic mass is 9.96. The summed E-state index contributed by atoms with van der Waals surface area (Å²) < 4.78 is 0. The molecule has 0 bridgehead atoms. The molecule has 2 aromatic rings. The summed E-state index contributed by atoms with van der Waals surface area (Å²) in [6.07, 6.45) is 2.25. The summed E-state index contributed by atoms with van der Waals surface area (Å²) in [5.41, 5.74) is 2.38. The first-order valence-corrected chi connectivity index (χ1v) is 11.9. The Hall–Kier alpha value is -1.93. The van der Waals surface area contributed by atoms with Crippen LogP contribution in [0.25, 0.3) is 0 Å². The third-order valence-electron chi connectivity index (χ3n) is 6.39. The molecule has 4 rings (SSSR count). The zero-order valence-electron chi connectivity index (χ0n) is 19.6. The van der Waals surface area contributed by atoms with Gasteiger partial charge in [-0.1, -0.05) is 44.5 Å². The van der Waals surface area contributed by atoms with E-state index < -0.39 is 0 Å². The summed E-state index contributed by atoms with van der Waals surface area (Å²) >= 11 is 6.11. The van der Waals surface area contributed by atoms with Crippen LogP contribution in [0.2, 0.25) is 5.02 Å². The highest BCUT2D eigenvalue weighted by atomic mass is 35.5. The first-order valence-electron chi connectivity index (χ1n) is 11.5. The molecule has 2 aliphatic heterocycles. The molecule has 2 aliphatic rings. The molecule has 1 aromatic carbocycles. The number of hydrogen-bond acceptors (Lipinski definition) is 6. The normalized spacial score (nSPS) is 19.6. The van der Waals surface area contributed by atoms with Gasteiger partial charge in [0.05, 0.1) is 0 Å². The number of fused-ring (bicyclic) bond motifs is 1. The number of halogens is 2. The molecule has 3 heterocycles. The number of nitrogens with zero attached hydrogens (tertiary/aromatic N) is 4. The van der Waals surface area contributed by atoms with E-state index in [1.165, 1.54) is 5.56 Å². The number of nitrogens with one attached hydrogen (secondary N) is 2. The summed E-state index contributed by atoms with van der Waals surface area (Å²) in [4.78, 5) is 25.8. The first-order chi connectivity index (χ1) is 15.4. The summed E-state index contributed by atoms with van der Waals surface area (Å²) in [5, 5.41) is 7.30. The summed E-state index contributed by atoms with van der Waals surface area (Å²) in [6.45, 7) is 12.1. The molecule has 2 atom stereocenters. The molecule has 1 unspecified atom stereocenters. The van der Waals surface area contributed by atoms with E-state index in [0.717, 1.165) is 55.7 Å². The van der Waals surface area contributed by atoms with Gasteiger partial charge in [0.1, 0.15) is 18.0 Å². The molecular weight excluding hydrogens is 459 g/mol. The maximum absolute atomic E-state index is 12.0. The van der Waals surface area contributed by atoms with E-state index >= 15 is 0 Å². The van der Waals surface area contributed by atoms with Gasteiger partial charge < -0.3 is 15.5 Å². The number of piperazine rings is 1. The van der Waals surface area contributed by atoms with Crippen LogP contribution < -0.4 is 15.5 Å². The van der Waals surface area contributed by atoms with Crippen molar-refractivity contribution in [1.29, 1.82) is 0 Å². The van der Waals surface area contributed by atoms with E-state index in [0.29, 0.717) is 24.2 Å². The van der Waals surface area contributed by atoms with Gasteiger partial charge >= 0.3 is 0 Å². The van der Waals surface area contributed by atoms with Gasteiger partial charge in [0.2, 0.25) is 5.91 Å². The highest BCUT2D eigenvalue weighted by Crippen LogP contribution is 2.31. The van der Waals surface area contributed by atoms with Crippen molar-refractivity contribution < 1.29 is 4.79 Å². The van der Waals surface area contributed by atoms with Crippen LogP contribution in [0.15, 0.2) is 30.6 Å². The van der Waals surface area contributed by atoms with Crippen molar-refractivity contribution in [3.8, 4) is 0 Å². The summed E-state index contributed by atoms with van der Waals surface area (Å²) in [6, 6.07) is 8.71. The predicted octanol–water partition coefficient (Wildman–Crippen LogP) is 3.59. The third kappa shape index (κ3) is 6.35. The van der Waals surface area contributed by atoms with Gasteiger partial charge in [0.15, 0.2) is 0 Å². The number of aromatic nitrogens is 2. The van der Waals surface area contributed by atoms with Gasteiger partial charge in [-0.15, -0.1) is 12.4 Å². The van der Waals surface area contributed by atoms with Crippen LogP contribution in [0.4, 0.5) is 11.6 Å². The van der Waals surface area contributed by atoms with Gasteiger partial charge in [-0.2, -0.15) is 0 Å². The molecule has 0 spiro atoms. The average molecular weight is 493 g/mol. The minimum Gasteiger partial charge on any atom is -0.354 e. The van der Waals surface area contributed by atoms with Crippen LogP contribution in [0.1, 0.15) is 37.8 Å². The van der Waals surface area contributed by atoms with Crippen molar-refractivity contribution in [2.45, 2.75) is 39.2 Å². The van der Waals surface area contributed by atoms with E-state index in [1.807, 2.05) is 19.1 Å². The monoisotopic (exact) mass is 492 g/mol. The Labute approximate surface area is 207 Å². The lowest BCUT2D eigenvalue weighted by Crippen LogP contribution is -2.49. The fourth-order valence-electron chi connectivity index (χ4n) is 4.46. The lowest BCUT2D eigenvalue weighted by molar-refractivity contribution is -0.119. The Bertz CT molecular complexity index is 931. The Kier molecular flexibility index (Phi) is 8.93. The Morgan fingerprint density at radius 2 is 1.85 bits per heavy atom. The fourth-order valence-corrected chi connectivity index (χ4v) is 4.59. The smallest absolute Gasteiger partial charge is 0.228 e. The largest absolute Gasteiger partial charge is 0.354 e. The molecule has 0 aliphatic carbocycles. The molecule has 0 saturated carbocycles. The molecule has 1 fully saturated rings. The second-order valence-corrected chi connectivity index (χ2v) is 9.65. The minimum absolute atomic E-state index is 0. The van der Waals surface area contributed by atoms with Crippen LogP contribution in [-0.4, -0.2) is 66.1 Å². The number of amides is 1. The van der Waals surface area contributed by atoms with Crippen LogP contribution in [0.5, 0.6) is 0 Å². The lowest BCUT2D eigenvalue weighted by Gasteiger charge is -2.38. The van der Waals surface area contributed by atoms with E-state index in [4.69, 9.17) is 11.6 Å². The van der Waals surface area contributed by atoms with Crippen LogP contribution in [0.3, 0.4) is 0 Å². The molecule has 7 nitrogen and oxygen atoms in total. The Morgan fingerprint density at radius 3 is 2.52 bits per heavy atom. The van der Waals surface area contributed by atoms with Crippen molar-refractivity contribution in [1.82, 2.24) is 20.2 Å². The molecule has 1 saturated heterocycles. The topological polar surface area (TPSA) is 73.4 Å². The van der Waals surface area contributed by atoms with Crippen molar-refractivity contribution in [2.75, 3.05) is 49.5 Å². The van der Waals surface area contributed by atoms with Crippen molar-refractivity contribution in [2.24, 2.45) is 5.92 Å². The highest BCUT2D eigenvalue weighted by Gasteiger charge is 2.29. The summed E-state index contributed by atoms with van der Waals surface area (Å²) in [5.74, 6) is 2.03. The molecule has 33 heavy (non-hydrogen) atoms. The molecule has 0 radical (unpaired) electrons. The van der Waals surface area contributed by atoms with Gasteiger partial charge in [-0.05, 0) is 24.1 Å². The van der Waals surface area contributed by atoms with Crippen LogP contribution in [0, 0.1) is 5.92 Å². The number of anilines is 2. The Balaban J connectivity index is 0.00000306. The molecular formula is C24H34Cl2N6O. The van der Waals surface area contributed by atoms with Gasteiger partial charge in [-0.3, -0.25) is 9.69 Å². The maximum Gasteiger partial charge on any atom is 0.228 e. The van der Waals surface area contributed by atoms with Crippen molar-refractivity contribution >= 4 is 41.6 Å². The van der Waals surface area contributed by atoms with Gasteiger partial charge in [-0.25, -0.2) is 9.97 Å². The average Bonchev–Trinajstić information content (AvgIpc) is 2.78. The van der Waals surface area contributed by atoms with Crippen LogP contribution in [-0.2, 0) is 11.2 Å². The number of hydrogen-bond donors (Lipinski definition) is 2. The number of benzene rings is 1. The van der Waals surface area contributed by atoms with E-state index in [9.17, 15) is 4.79 Å². The van der Waals surface area contributed by atoms with Gasteiger partial charge in [0, 0.05) is 67.7 Å². The fraction of sp³-hybridized carbons (Fsp3) is 0.542. The minimum atomic E-state index is -0.0536. The quantitative estimate of drug-likeness (QED) is 0.615. The number of carbonyl (C=O) groups excluding carboxylic acids is 1. The second-order valence-electron chi connectivity index (χ2n) is 9.22.